The smallest absolute Gasteiger partial charge is 0.165 e. The normalized spacial score (nSPS) is 12.8. The fourth-order valence-corrected chi connectivity index (χ4v) is 5.02. The molecule has 0 bridgehead atoms. The zero-order chi connectivity index (χ0) is 22.9. The van der Waals surface area contributed by atoms with Crippen LogP contribution in [0.1, 0.15) is 42.1 Å². The third-order valence-corrected chi connectivity index (χ3v) is 6.71. The first kappa shape index (κ1) is 21.8. The summed E-state index contributed by atoms with van der Waals surface area (Å²) < 4.78 is 7.36. The van der Waals surface area contributed by atoms with Crippen LogP contribution in [0.15, 0.2) is 48.7 Å². The van der Waals surface area contributed by atoms with E-state index in [0.717, 1.165) is 61.3 Å². The maximum atomic E-state index is 6.63. The predicted octanol–water partition coefficient (Wildman–Crippen LogP) is 6.27. The van der Waals surface area contributed by atoms with Crippen LogP contribution >= 0.6 is 11.6 Å². The van der Waals surface area contributed by atoms with Gasteiger partial charge in [-0.05, 0) is 56.4 Å². The van der Waals surface area contributed by atoms with Crippen LogP contribution in [-0.2, 0) is 19.4 Å². The lowest BCUT2D eigenvalue weighted by Gasteiger charge is -2.27. The number of fused-ring (bicyclic) bond motifs is 2. The number of halogens is 1. The van der Waals surface area contributed by atoms with E-state index in [1.54, 1.807) is 7.11 Å². The summed E-state index contributed by atoms with van der Waals surface area (Å²) in [5.74, 6) is 1.91. The molecule has 0 unspecified atom stereocenters. The standard InChI is InChI=1S/C27H29ClN4O/c1-4-14-31(17-19-10-8-18(2)9-11-19)27-22-6-5-7-25(22)30-26-23(16-29-32(26)27)21-13-12-20(33-3)15-24(21)28/h8-13,15-16H,4-7,14,17H2,1-3H3. The quantitative estimate of drug-likeness (QED) is 0.326. The highest BCUT2D eigenvalue weighted by Gasteiger charge is 2.26. The summed E-state index contributed by atoms with van der Waals surface area (Å²) >= 11 is 6.63. The average Bonchev–Trinajstić information content (AvgIpc) is 3.45. The van der Waals surface area contributed by atoms with Crippen molar-refractivity contribution in [3.8, 4) is 16.9 Å². The minimum Gasteiger partial charge on any atom is -0.497 e. The minimum atomic E-state index is 0.637. The molecule has 0 saturated carbocycles. The molecule has 0 radical (unpaired) electrons. The van der Waals surface area contributed by atoms with Crippen molar-refractivity contribution in [2.45, 2.75) is 46.1 Å². The van der Waals surface area contributed by atoms with Gasteiger partial charge in [0, 0.05) is 35.5 Å². The monoisotopic (exact) mass is 460 g/mol. The number of aromatic nitrogens is 3. The molecule has 0 spiro atoms. The van der Waals surface area contributed by atoms with Crippen molar-refractivity contribution in [2.24, 2.45) is 0 Å². The molecular weight excluding hydrogens is 432 g/mol. The SMILES string of the molecule is CCCN(Cc1ccc(C)cc1)c1c2c(nc3c(-c4ccc(OC)cc4Cl)cnn13)CCC2. The number of benzene rings is 2. The molecule has 0 fully saturated rings. The lowest BCUT2D eigenvalue weighted by atomic mass is 10.1. The molecule has 2 aromatic heterocycles. The van der Waals surface area contributed by atoms with Crippen LogP contribution in [0.2, 0.25) is 5.02 Å². The van der Waals surface area contributed by atoms with Crippen LogP contribution in [0.25, 0.3) is 16.8 Å². The molecule has 0 amide bonds. The molecule has 0 N–H and O–H groups in total. The topological polar surface area (TPSA) is 42.7 Å². The minimum absolute atomic E-state index is 0.637. The van der Waals surface area contributed by atoms with Gasteiger partial charge >= 0.3 is 0 Å². The van der Waals surface area contributed by atoms with Crippen molar-refractivity contribution in [3.05, 3.63) is 76.1 Å². The Hall–Kier alpha value is -3.05. The zero-order valence-corrected chi connectivity index (χ0v) is 20.2. The maximum absolute atomic E-state index is 6.63. The molecule has 0 aliphatic heterocycles. The Labute approximate surface area is 200 Å². The van der Waals surface area contributed by atoms with Gasteiger partial charge in [0.1, 0.15) is 11.6 Å². The molecule has 1 aliphatic carbocycles. The van der Waals surface area contributed by atoms with Crippen LogP contribution in [-0.4, -0.2) is 28.3 Å². The van der Waals surface area contributed by atoms with E-state index in [1.165, 1.54) is 28.2 Å². The number of anilines is 1. The van der Waals surface area contributed by atoms with Gasteiger partial charge in [-0.15, -0.1) is 0 Å². The van der Waals surface area contributed by atoms with E-state index in [1.807, 2.05) is 28.9 Å². The maximum Gasteiger partial charge on any atom is 0.165 e. The highest BCUT2D eigenvalue weighted by Crippen LogP contribution is 2.38. The Morgan fingerprint density at radius 3 is 2.64 bits per heavy atom. The van der Waals surface area contributed by atoms with Crippen LogP contribution < -0.4 is 9.64 Å². The summed E-state index contributed by atoms with van der Waals surface area (Å²) in [5.41, 5.74) is 7.84. The van der Waals surface area contributed by atoms with Crippen molar-refractivity contribution in [3.63, 3.8) is 0 Å². The van der Waals surface area contributed by atoms with Gasteiger partial charge in [0.05, 0.1) is 18.3 Å². The van der Waals surface area contributed by atoms with E-state index in [4.69, 9.17) is 26.4 Å². The zero-order valence-electron chi connectivity index (χ0n) is 19.4. The predicted molar refractivity (Wildman–Crippen MR) is 135 cm³/mol. The van der Waals surface area contributed by atoms with Gasteiger partial charge in [-0.25, -0.2) is 4.98 Å². The Morgan fingerprint density at radius 1 is 1.09 bits per heavy atom. The number of aryl methyl sites for hydroxylation is 2. The number of rotatable bonds is 7. The molecule has 4 aromatic rings. The fraction of sp³-hybridized carbons (Fsp3) is 0.333. The third kappa shape index (κ3) is 4.06. The van der Waals surface area contributed by atoms with E-state index in [9.17, 15) is 0 Å². The van der Waals surface area contributed by atoms with E-state index >= 15 is 0 Å². The second kappa shape index (κ2) is 9.06. The number of ether oxygens (including phenoxy) is 1. The Bertz CT molecular complexity index is 1300. The van der Waals surface area contributed by atoms with Crippen molar-refractivity contribution < 1.29 is 4.74 Å². The summed E-state index contributed by atoms with van der Waals surface area (Å²) in [6, 6.07) is 14.6. The summed E-state index contributed by atoms with van der Waals surface area (Å²) in [6.07, 6.45) is 6.13. The van der Waals surface area contributed by atoms with Crippen molar-refractivity contribution >= 4 is 23.1 Å². The van der Waals surface area contributed by atoms with Crippen molar-refractivity contribution in [1.29, 1.82) is 0 Å². The molecule has 170 valence electrons. The highest BCUT2D eigenvalue weighted by molar-refractivity contribution is 6.33. The van der Waals surface area contributed by atoms with E-state index < -0.39 is 0 Å². The van der Waals surface area contributed by atoms with Gasteiger partial charge in [-0.2, -0.15) is 9.61 Å². The summed E-state index contributed by atoms with van der Waals surface area (Å²) in [5, 5.41) is 5.47. The largest absolute Gasteiger partial charge is 0.497 e. The molecule has 2 heterocycles. The lowest BCUT2D eigenvalue weighted by molar-refractivity contribution is 0.415. The lowest BCUT2D eigenvalue weighted by Crippen LogP contribution is -2.27. The molecule has 0 atom stereocenters. The first-order valence-corrected chi connectivity index (χ1v) is 12.0. The summed E-state index contributed by atoms with van der Waals surface area (Å²) in [4.78, 5) is 7.55. The van der Waals surface area contributed by atoms with Gasteiger partial charge in [-0.1, -0.05) is 48.4 Å². The molecular formula is C27H29ClN4O. The first-order valence-electron chi connectivity index (χ1n) is 11.6. The molecule has 5 rings (SSSR count). The fourth-order valence-electron chi connectivity index (χ4n) is 4.75. The van der Waals surface area contributed by atoms with E-state index in [-0.39, 0.29) is 0 Å². The van der Waals surface area contributed by atoms with Crippen LogP contribution in [0.4, 0.5) is 5.82 Å². The van der Waals surface area contributed by atoms with Crippen LogP contribution in [0, 0.1) is 6.92 Å². The Kier molecular flexibility index (Phi) is 5.98. The van der Waals surface area contributed by atoms with Crippen LogP contribution in [0.3, 0.4) is 0 Å². The number of methoxy groups -OCH3 is 1. The molecule has 0 saturated heterocycles. The van der Waals surface area contributed by atoms with Crippen molar-refractivity contribution in [2.75, 3.05) is 18.6 Å². The number of hydrogen-bond donors (Lipinski definition) is 0. The number of hydrogen-bond acceptors (Lipinski definition) is 4. The first-order chi connectivity index (χ1) is 16.1. The third-order valence-electron chi connectivity index (χ3n) is 6.40. The molecule has 5 nitrogen and oxygen atoms in total. The second-order valence-corrected chi connectivity index (χ2v) is 9.17. The molecule has 2 aromatic carbocycles. The summed E-state index contributed by atoms with van der Waals surface area (Å²) in [7, 11) is 1.65. The van der Waals surface area contributed by atoms with Gasteiger partial charge in [0.25, 0.3) is 0 Å². The Morgan fingerprint density at radius 2 is 1.91 bits per heavy atom. The number of nitrogens with zero attached hydrogens (tertiary/aromatic N) is 4. The molecule has 6 heteroatoms. The average molecular weight is 461 g/mol. The van der Waals surface area contributed by atoms with E-state index in [0.29, 0.717) is 5.02 Å². The molecule has 33 heavy (non-hydrogen) atoms. The van der Waals surface area contributed by atoms with E-state index in [2.05, 4.69) is 43.0 Å². The van der Waals surface area contributed by atoms with Gasteiger partial charge < -0.3 is 9.64 Å². The van der Waals surface area contributed by atoms with Crippen molar-refractivity contribution in [1.82, 2.24) is 14.6 Å². The van der Waals surface area contributed by atoms with Gasteiger partial charge in [0.2, 0.25) is 0 Å². The van der Waals surface area contributed by atoms with Gasteiger partial charge in [0.15, 0.2) is 5.65 Å². The molecule has 1 aliphatic rings. The highest BCUT2D eigenvalue weighted by atomic mass is 35.5. The Balaban J connectivity index is 1.66. The second-order valence-electron chi connectivity index (χ2n) is 8.76. The van der Waals surface area contributed by atoms with Crippen LogP contribution in [0.5, 0.6) is 5.75 Å². The summed E-state index contributed by atoms with van der Waals surface area (Å²) in [6.45, 7) is 6.16. The van der Waals surface area contributed by atoms with Gasteiger partial charge in [-0.3, -0.25) is 0 Å².